The number of nitrogens with two attached hydrogens (primary N) is 1. The fraction of sp³-hybridized carbons (Fsp3) is 0.432. The number of carboxylic acid groups (broad SMARTS) is 2. The Balaban J connectivity index is 0.700. The van der Waals surface area contributed by atoms with E-state index in [0.717, 1.165) is 52.9 Å². The Morgan fingerprint density at radius 1 is 0.765 bits per heavy atom. The maximum Gasteiger partial charge on any atom is 0.410 e. The Morgan fingerprint density at radius 3 is 2.22 bits per heavy atom. The second-order valence-electron chi connectivity index (χ2n) is 28.6. The average molecular weight is 1410 g/mol. The maximum atomic E-state index is 13.9. The lowest BCUT2D eigenvalue weighted by Gasteiger charge is -2.69. The number of hydrogen-bond donors (Lipinski definition) is 8. The Hall–Kier alpha value is -10.5. The molecular formula is C74H85N13O14S. The first-order valence-corrected chi connectivity index (χ1v) is 35.2. The second kappa shape index (κ2) is 30.8. The summed E-state index contributed by atoms with van der Waals surface area (Å²) in [5.41, 5.74) is 9.49. The van der Waals surface area contributed by atoms with Crippen molar-refractivity contribution >= 4 is 103 Å². The minimum absolute atomic E-state index is 0.0510. The zero-order valence-electron chi connectivity index (χ0n) is 57.7. The number of hydrogen-bond acceptors (Lipinski definition) is 17. The number of urea groups is 1. The van der Waals surface area contributed by atoms with Crippen molar-refractivity contribution in [3.8, 4) is 22.4 Å². The van der Waals surface area contributed by atoms with Crippen molar-refractivity contribution in [2.75, 3.05) is 43.4 Å². The Labute approximate surface area is 592 Å². The number of nitrogens with one attached hydrogen (secondary N) is 5. The molecule has 0 spiro atoms. The second-order valence-corrected chi connectivity index (χ2v) is 29.6. The molecule has 4 bridgehead atoms. The van der Waals surface area contributed by atoms with Crippen LogP contribution in [0.4, 0.5) is 20.4 Å². The molecule has 3 aromatic carbocycles. The fourth-order valence-corrected chi connectivity index (χ4v) is 17.1. The number of para-hydroxylation sites is 1. The van der Waals surface area contributed by atoms with Gasteiger partial charge in [-0.1, -0.05) is 75.8 Å². The molecule has 4 saturated carbocycles. The van der Waals surface area contributed by atoms with Crippen molar-refractivity contribution in [3.63, 3.8) is 0 Å². The van der Waals surface area contributed by atoms with Gasteiger partial charge >= 0.3 is 24.1 Å². The van der Waals surface area contributed by atoms with Gasteiger partial charge in [-0.25, -0.2) is 24.4 Å². The predicted molar refractivity (Wildman–Crippen MR) is 379 cm³/mol. The van der Waals surface area contributed by atoms with Gasteiger partial charge in [-0.2, -0.15) is 5.10 Å². The lowest BCUT2D eigenvalue weighted by molar-refractivity contribution is -0.248. The number of benzene rings is 3. The smallest absolute Gasteiger partial charge is 0.410 e. The van der Waals surface area contributed by atoms with Gasteiger partial charge in [0.2, 0.25) is 17.7 Å². The third-order valence-corrected chi connectivity index (χ3v) is 20.6. The number of carbonyl (C=O) groups excluding carboxylic acids is 8. The summed E-state index contributed by atoms with van der Waals surface area (Å²) in [5.74, 6) is -5.37. The van der Waals surface area contributed by atoms with Crippen LogP contribution in [0.5, 0.6) is 0 Å². The van der Waals surface area contributed by atoms with Gasteiger partial charge in [0.1, 0.15) is 18.7 Å². The molecule has 12 rings (SSSR count). The zero-order valence-corrected chi connectivity index (χ0v) is 58.5. The first-order valence-electron chi connectivity index (χ1n) is 34.3. The number of rotatable bonds is 32. The SMILES string of the molecule is Cc1c(-c2ccc(-c3ccc4nccc(C(=O)Nc5nc6ccccc6s5)c4c3)nc2C(=O)O)cnn1CC12CC3(C)CC(C)(C1)CC(OCCN(CCC(=O)O)C(=O)OCc1ccc(NC(=O)[C@H](CCCNC(N)=O)NC(=O)C(NC(=O)CCCCCN4C(=O)C=CC4=O)C(C)C)cc1)(C3)C2. The summed E-state index contributed by atoms with van der Waals surface area (Å²) in [5, 5.41) is 40.2. The number of aliphatic carboxylic acids is 1. The minimum atomic E-state index is -1.22. The summed E-state index contributed by atoms with van der Waals surface area (Å²) >= 11 is 1.37. The fourth-order valence-electron chi connectivity index (χ4n) is 16.2. The van der Waals surface area contributed by atoms with Crippen molar-refractivity contribution in [1.82, 2.24) is 50.5 Å². The average Bonchev–Trinajstić information content (AvgIpc) is 0.790. The Morgan fingerprint density at radius 2 is 1.51 bits per heavy atom. The van der Waals surface area contributed by atoms with E-state index in [-0.39, 0.29) is 117 Å². The quantitative estimate of drug-likeness (QED) is 0.0144. The van der Waals surface area contributed by atoms with E-state index in [9.17, 15) is 58.2 Å². The number of ether oxygens (including phenoxy) is 2. The van der Waals surface area contributed by atoms with E-state index < -0.39 is 53.6 Å². The van der Waals surface area contributed by atoms with E-state index in [1.807, 2.05) is 35.9 Å². The van der Waals surface area contributed by atoms with Gasteiger partial charge in [0.15, 0.2) is 10.8 Å². The molecule has 102 heavy (non-hydrogen) atoms. The van der Waals surface area contributed by atoms with Crippen LogP contribution < -0.4 is 32.3 Å². The molecule has 9 amide bonds. The van der Waals surface area contributed by atoms with Crippen LogP contribution in [0.1, 0.15) is 143 Å². The first kappa shape index (κ1) is 72.8. The van der Waals surface area contributed by atoms with Gasteiger partial charge in [-0.05, 0) is 153 Å². The van der Waals surface area contributed by atoms with Crippen LogP contribution in [0.3, 0.4) is 0 Å². The molecule has 7 aromatic rings. The van der Waals surface area contributed by atoms with Crippen molar-refractivity contribution in [2.24, 2.45) is 27.9 Å². The molecule has 4 aromatic heterocycles. The number of nitrogens with zero attached hydrogens (tertiary/aromatic N) is 7. The monoisotopic (exact) mass is 1410 g/mol. The van der Waals surface area contributed by atoms with E-state index in [2.05, 4.69) is 50.4 Å². The van der Waals surface area contributed by atoms with Gasteiger partial charge in [0, 0.05) is 91.0 Å². The molecule has 4 atom stereocenters. The Kier molecular flexibility index (Phi) is 22.0. The van der Waals surface area contributed by atoms with E-state index in [1.165, 1.54) is 28.4 Å². The number of aromatic nitrogens is 5. The van der Waals surface area contributed by atoms with Crippen molar-refractivity contribution < 1.29 is 67.6 Å². The van der Waals surface area contributed by atoms with Gasteiger partial charge in [0.25, 0.3) is 17.7 Å². The molecule has 0 saturated heterocycles. The van der Waals surface area contributed by atoms with Crippen molar-refractivity contribution in [1.29, 1.82) is 0 Å². The number of carbonyl (C=O) groups is 10. The summed E-state index contributed by atoms with van der Waals surface area (Å²) in [6.07, 6.45) is 11.7. The standard InChI is InChI=1S/C74H85N13O14S/c1-44(2)62(83-58(88)15-7-6-10-30-86-59(89)24-25-60(86)90)66(95)81-56(13-11-28-77-68(75)98)65(94)79-48-19-16-46(17-20-48)36-100-70(99)85(31-27-61(91)92)32-33-101-74-40-71(4)37-72(5,41-74)39-73(38-71,42-74)43-87-45(3)52(35-78-87)49-21-23-53(80-63(49)67(96)97)47-18-22-54-51(34-47)50(26-29-76-54)64(93)84-69-82-55-12-8-9-14-57(55)102-69/h8-9,12,14,16-26,29,34-35,44,56,62H,6-7,10-11,13,15,27-28,30-33,36-43H2,1-5H3,(H,79,94)(H,81,95)(H,83,88)(H,91,92)(H,96,97)(H3,75,77,98)(H,82,84,93)/t56-,62?,71?,72?,73?,74?/m0/s1. The molecule has 536 valence electrons. The molecule has 1 aliphatic heterocycles. The lowest BCUT2D eigenvalue weighted by atomic mass is 9.39. The molecular weight excluding hydrogens is 1330 g/mol. The number of carboxylic acids is 2. The molecule has 5 aliphatic rings. The molecule has 9 N–H and O–H groups in total. The van der Waals surface area contributed by atoms with E-state index in [1.54, 1.807) is 86.9 Å². The number of pyridine rings is 2. The maximum absolute atomic E-state index is 13.9. The number of primary amides is 1. The third-order valence-electron chi connectivity index (χ3n) is 19.7. The number of aromatic carboxylic acids is 1. The van der Waals surface area contributed by atoms with Crippen LogP contribution in [0.15, 0.2) is 109 Å². The summed E-state index contributed by atoms with van der Waals surface area (Å²) in [7, 11) is 0. The third kappa shape index (κ3) is 17.3. The van der Waals surface area contributed by atoms with Crippen molar-refractivity contribution in [3.05, 3.63) is 132 Å². The summed E-state index contributed by atoms with van der Waals surface area (Å²) in [6, 6.07) is 21.7. The molecule has 28 heteroatoms. The van der Waals surface area contributed by atoms with Gasteiger partial charge < -0.3 is 51.6 Å². The number of anilines is 2. The highest BCUT2D eigenvalue weighted by Gasteiger charge is 2.66. The number of amides is 9. The normalized spacial score (nSPS) is 20.2. The van der Waals surface area contributed by atoms with Crippen molar-refractivity contribution in [2.45, 2.75) is 149 Å². The number of thiazole rings is 1. The largest absolute Gasteiger partial charge is 0.481 e. The topological polar surface area (TPSA) is 379 Å². The van der Waals surface area contributed by atoms with E-state index in [0.29, 0.717) is 87.5 Å². The van der Waals surface area contributed by atoms with Crippen LogP contribution >= 0.6 is 11.3 Å². The number of unbranched alkanes of at least 4 members (excludes halogenated alkanes) is 2. The predicted octanol–water partition coefficient (Wildman–Crippen LogP) is 9.78. The molecule has 27 nitrogen and oxygen atoms in total. The highest BCUT2D eigenvalue weighted by molar-refractivity contribution is 7.22. The van der Waals surface area contributed by atoms with Gasteiger partial charge in [-0.15, -0.1) is 0 Å². The summed E-state index contributed by atoms with van der Waals surface area (Å²) in [4.78, 5) is 145. The number of fused-ring (bicyclic) bond motifs is 2. The first-order chi connectivity index (χ1) is 48.7. The van der Waals surface area contributed by atoms with Crippen LogP contribution in [-0.4, -0.2) is 155 Å². The highest BCUT2D eigenvalue weighted by atomic mass is 32.1. The summed E-state index contributed by atoms with van der Waals surface area (Å²) in [6.45, 7) is 10.8. The molecule has 5 heterocycles. The Bertz CT molecular complexity index is 4370. The van der Waals surface area contributed by atoms with Crippen LogP contribution in [0.2, 0.25) is 0 Å². The van der Waals surface area contributed by atoms with Gasteiger partial charge in [-0.3, -0.25) is 53.4 Å². The van der Waals surface area contributed by atoms with E-state index >= 15 is 0 Å². The summed E-state index contributed by atoms with van der Waals surface area (Å²) < 4.78 is 15.7. The molecule has 4 fully saturated rings. The highest BCUT2D eigenvalue weighted by Crippen LogP contribution is 2.72. The zero-order chi connectivity index (χ0) is 72.7. The van der Waals surface area contributed by atoms with Crippen LogP contribution in [-0.2, 0) is 51.4 Å². The molecule has 4 aliphatic carbocycles. The molecule has 3 unspecified atom stereocenters. The van der Waals surface area contributed by atoms with Crippen LogP contribution in [0.25, 0.3) is 43.5 Å². The van der Waals surface area contributed by atoms with Crippen LogP contribution in [0, 0.1) is 29.1 Å². The molecule has 0 radical (unpaired) electrons. The number of imide groups is 1. The lowest BCUT2D eigenvalue weighted by Crippen LogP contribution is -2.64. The van der Waals surface area contributed by atoms with Gasteiger partial charge in [0.05, 0.1) is 51.8 Å². The minimum Gasteiger partial charge on any atom is -0.481 e. The van der Waals surface area contributed by atoms with E-state index in [4.69, 9.17) is 25.3 Å².